The molecule has 10 heteroatoms. The van der Waals surface area contributed by atoms with Gasteiger partial charge in [0.1, 0.15) is 24.4 Å². The van der Waals surface area contributed by atoms with Crippen LogP contribution in [0.2, 0.25) is 0 Å². The molecule has 0 spiro atoms. The van der Waals surface area contributed by atoms with E-state index >= 15 is 0 Å². The highest BCUT2D eigenvalue weighted by molar-refractivity contribution is 6.23. The average Bonchev–Trinajstić information content (AvgIpc) is 3.32. The zero-order valence-corrected chi connectivity index (χ0v) is 22.3. The predicted octanol–water partition coefficient (Wildman–Crippen LogP) is 3.10. The van der Waals surface area contributed by atoms with E-state index in [0.29, 0.717) is 24.8 Å². The third kappa shape index (κ3) is 4.32. The van der Waals surface area contributed by atoms with Crippen molar-refractivity contribution in [1.29, 1.82) is 0 Å². The molecule has 4 fully saturated rings. The number of epoxide rings is 1. The molecule has 11 atom stereocenters. The minimum absolute atomic E-state index is 0.271. The second-order valence-corrected chi connectivity index (χ2v) is 11.5. The standard InChI is InChI=1S/C26H35ClO9/c1-11-8-9-16(32-13(3)28)25(6)17(33-14(4)29)10-18-26(7,36-18)23(25)22(34-15(5)30)19-12(2)24(31)35-21(19)20(11)27/h12,16-23H,1,8-10H2,2-7H3/t12-,16-,17+,18+,19-,20+,21-,22+,23+,25+,26-/m0/s1. The van der Waals surface area contributed by atoms with Gasteiger partial charge in [0.2, 0.25) is 0 Å². The maximum absolute atomic E-state index is 12.8. The van der Waals surface area contributed by atoms with Gasteiger partial charge in [-0.15, -0.1) is 11.6 Å². The van der Waals surface area contributed by atoms with Crippen LogP contribution in [0.4, 0.5) is 0 Å². The summed E-state index contributed by atoms with van der Waals surface area (Å²) in [7, 11) is 0. The molecule has 2 saturated heterocycles. The maximum atomic E-state index is 12.8. The van der Waals surface area contributed by atoms with Gasteiger partial charge in [0.25, 0.3) is 0 Å². The Morgan fingerprint density at radius 1 is 1.03 bits per heavy atom. The van der Waals surface area contributed by atoms with Crippen molar-refractivity contribution in [3.63, 3.8) is 0 Å². The molecular formula is C26H35ClO9. The molecule has 2 saturated carbocycles. The van der Waals surface area contributed by atoms with Crippen LogP contribution in [0, 0.1) is 23.2 Å². The number of rotatable bonds is 3. The van der Waals surface area contributed by atoms with Gasteiger partial charge in [0.15, 0.2) is 0 Å². The summed E-state index contributed by atoms with van der Waals surface area (Å²) in [5, 5.41) is -0.735. The van der Waals surface area contributed by atoms with Gasteiger partial charge in [-0.25, -0.2) is 0 Å². The zero-order valence-electron chi connectivity index (χ0n) is 21.6. The van der Waals surface area contributed by atoms with Gasteiger partial charge < -0.3 is 23.7 Å². The van der Waals surface area contributed by atoms with Crippen molar-refractivity contribution in [3.8, 4) is 0 Å². The third-order valence-corrected chi connectivity index (χ3v) is 9.25. The monoisotopic (exact) mass is 526 g/mol. The first-order valence-electron chi connectivity index (χ1n) is 12.4. The normalized spacial score (nSPS) is 45.8. The first kappa shape index (κ1) is 26.9. The molecule has 2 aliphatic carbocycles. The molecule has 4 aliphatic rings. The molecule has 0 amide bonds. The Morgan fingerprint density at radius 3 is 2.19 bits per heavy atom. The van der Waals surface area contributed by atoms with E-state index in [9.17, 15) is 19.2 Å². The fraction of sp³-hybridized carbons (Fsp3) is 0.769. The van der Waals surface area contributed by atoms with Crippen LogP contribution in [0.1, 0.15) is 60.8 Å². The molecule has 4 rings (SSSR count). The van der Waals surface area contributed by atoms with Gasteiger partial charge in [-0.1, -0.05) is 26.0 Å². The highest BCUT2D eigenvalue weighted by Gasteiger charge is 2.75. The number of alkyl halides is 1. The number of carbonyl (C=O) groups excluding carboxylic acids is 4. The Labute approximate surface area is 216 Å². The Bertz CT molecular complexity index is 980. The molecular weight excluding hydrogens is 492 g/mol. The Balaban J connectivity index is 1.96. The molecule has 0 aromatic heterocycles. The predicted molar refractivity (Wildman–Crippen MR) is 127 cm³/mol. The minimum atomic E-state index is -1.03. The lowest BCUT2D eigenvalue weighted by molar-refractivity contribution is -0.211. The molecule has 0 aromatic rings. The van der Waals surface area contributed by atoms with E-state index in [0.717, 1.165) is 0 Å². The molecule has 2 aliphatic heterocycles. The van der Waals surface area contributed by atoms with Crippen LogP contribution in [0.5, 0.6) is 0 Å². The number of hydrogen-bond acceptors (Lipinski definition) is 9. The van der Waals surface area contributed by atoms with Crippen LogP contribution < -0.4 is 0 Å². The van der Waals surface area contributed by atoms with Crippen molar-refractivity contribution in [1.82, 2.24) is 0 Å². The van der Waals surface area contributed by atoms with Gasteiger partial charge in [-0.3, -0.25) is 19.2 Å². The molecule has 200 valence electrons. The second kappa shape index (κ2) is 9.31. The van der Waals surface area contributed by atoms with Crippen molar-refractivity contribution in [3.05, 3.63) is 12.2 Å². The molecule has 36 heavy (non-hydrogen) atoms. The maximum Gasteiger partial charge on any atom is 0.309 e. The molecule has 0 unspecified atom stereocenters. The van der Waals surface area contributed by atoms with Crippen LogP contribution in [0.25, 0.3) is 0 Å². The zero-order chi connectivity index (χ0) is 26.7. The molecule has 0 bridgehead atoms. The van der Waals surface area contributed by atoms with Crippen LogP contribution in [0.15, 0.2) is 12.2 Å². The van der Waals surface area contributed by atoms with Crippen molar-refractivity contribution in [2.75, 3.05) is 0 Å². The Hall–Kier alpha value is -2.13. The summed E-state index contributed by atoms with van der Waals surface area (Å²) in [4.78, 5) is 49.8. The summed E-state index contributed by atoms with van der Waals surface area (Å²) in [5.74, 6) is -3.84. The highest BCUT2D eigenvalue weighted by atomic mass is 35.5. The molecule has 2 heterocycles. The molecule has 0 N–H and O–H groups in total. The van der Waals surface area contributed by atoms with Crippen molar-refractivity contribution in [2.24, 2.45) is 23.2 Å². The summed E-state index contributed by atoms with van der Waals surface area (Å²) in [6, 6.07) is 0. The summed E-state index contributed by atoms with van der Waals surface area (Å²) < 4.78 is 29.7. The van der Waals surface area contributed by atoms with E-state index in [1.165, 1.54) is 20.8 Å². The third-order valence-electron chi connectivity index (χ3n) is 8.69. The van der Waals surface area contributed by atoms with Gasteiger partial charge in [0, 0.05) is 39.0 Å². The number of esters is 4. The highest BCUT2D eigenvalue weighted by Crippen LogP contribution is 2.64. The Morgan fingerprint density at radius 2 is 1.61 bits per heavy atom. The smallest absolute Gasteiger partial charge is 0.309 e. The van der Waals surface area contributed by atoms with Crippen molar-refractivity contribution < 1.29 is 42.9 Å². The first-order valence-corrected chi connectivity index (χ1v) is 12.9. The number of halogens is 1. The van der Waals surface area contributed by atoms with Gasteiger partial charge in [-0.05, 0) is 19.8 Å². The average molecular weight is 527 g/mol. The lowest BCUT2D eigenvalue weighted by Gasteiger charge is -2.54. The summed E-state index contributed by atoms with van der Waals surface area (Å²) in [5.41, 5.74) is -1.20. The topological polar surface area (TPSA) is 118 Å². The van der Waals surface area contributed by atoms with Crippen LogP contribution in [0.3, 0.4) is 0 Å². The van der Waals surface area contributed by atoms with E-state index in [4.69, 9.17) is 35.3 Å². The lowest BCUT2D eigenvalue weighted by atomic mass is 9.53. The largest absolute Gasteiger partial charge is 0.462 e. The van der Waals surface area contributed by atoms with Crippen molar-refractivity contribution >= 4 is 35.5 Å². The quantitative estimate of drug-likeness (QED) is 0.180. The minimum Gasteiger partial charge on any atom is -0.462 e. The van der Waals surface area contributed by atoms with E-state index in [2.05, 4.69) is 6.58 Å². The van der Waals surface area contributed by atoms with Crippen LogP contribution in [-0.4, -0.2) is 65.4 Å². The summed E-state index contributed by atoms with van der Waals surface area (Å²) in [6.07, 6.45) is -2.29. The van der Waals surface area contributed by atoms with Crippen LogP contribution >= 0.6 is 11.6 Å². The molecule has 0 aromatic carbocycles. The second-order valence-electron chi connectivity index (χ2n) is 11.0. The number of ether oxygens (including phenoxy) is 5. The number of carbonyl (C=O) groups is 4. The van der Waals surface area contributed by atoms with E-state index < -0.39 is 82.4 Å². The van der Waals surface area contributed by atoms with Gasteiger partial charge in [0.05, 0.1) is 28.4 Å². The first-order chi connectivity index (χ1) is 16.7. The SMILES string of the molecule is C=C1CC[C@H](OC(C)=O)[C@]2(C)[C@H](OC(C)=O)C[C@H]3O[C@]3(C)[C@@H]2[C@H](OC(C)=O)[C@@H]2[C@H](OC(=O)[C@H]2C)[C@@H]1Cl. The van der Waals surface area contributed by atoms with E-state index in [1.807, 2.05) is 13.8 Å². The summed E-state index contributed by atoms with van der Waals surface area (Å²) in [6.45, 7) is 13.6. The van der Waals surface area contributed by atoms with E-state index in [1.54, 1.807) is 6.92 Å². The van der Waals surface area contributed by atoms with Crippen molar-refractivity contribution in [2.45, 2.75) is 102 Å². The fourth-order valence-corrected chi connectivity index (χ4v) is 7.32. The lowest BCUT2D eigenvalue weighted by Crippen LogP contribution is -2.64. The Kier molecular flexibility index (Phi) is 6.96. The molecule has 0 radical (unpaired) electrons. The molecule has 9 nitrogen and oxygen atoms in total. The summed E-state index contributed by atoms with van der Waals surface area (Å²) >= 11 is 6.82. The van der Waals surface area contributed by atoms with Gasteiger partial charge in [-0.2, -0.15) is 0 Å². The number of hydrogen-bond donors (Lipinski definition) is 0. The number of fused-ring (bicyclic) bond motifs is 4. The van der Waals surface area contributed by atoms with E-state index in [-0.39, 0.29) is 6.10 Å². The van der Waals surface area contributed by atoms with Gasteiger partial charge >= 0.3 is 23.9 Å². The fourth-order valence-electron chi connectivity index (χ4n) is 6.99. The van der Waals surface area contributed by atoms with Crippen LogP contribution in [-0.2, 0) is 42.9 Å².